The highest BCUT2D eigenvalue weighted by Crippen LogP contribution is 2.39. The van der Waals surface area contributed by atoms with Crippen LogP contribution in [0.5, 0.6) is 0 Å². The Balaban J connectivity index is 1.42. The molecule has 1 atom stereocenters. The van der Waals surface area contributed by atoms with E-state index in [0.717, 1.165) is 18.5 Å². The van der Waals surface area contributed by atoms with E-state index in [1.807, 2.05) is 25.1 Å². The Morgan fingerprint density at radius 1 is 1.14 bits per heavy atom. The van der Waals surface area contributed by atoms with Crippen molar-refractivity contribution < 1.29 is 14.0 Å². The van der Waals surface area contributed by atoms with E-state index in [2.05, 4.69) is 20.8 Å². The minimum absolute atomic E-state index is 0.211. The first-order valence-electron chi connectivity index (χ1n) is 11.7. The van der Waals surface area contributed by atoms with Gasteiger partial charge in [0.2, 0.25) is 11.8 Å². The quantitative estimate of drug-likeness (QED) is 0.384. The van der Waals surface area contributed by atoms with E-state index in [1.54, 1.807) is 49.4 Å². The van der Waals surface area contributed by atoms with Gasteiger partial charge in [0, 0.05) is 41.5 Å². The number of carbonyl (C=O) groups excluding carboxylic acids is 2. The van der Waals surface area contributed by atoms with Gasteiger partial charge in [-0.2, -0.15) is 5.10 Å². The number of H-pyrrole nitrogens is 1. The Morgan fingerprint density at radius 3 is 2.57 bits per heavy atom. The van der Waals surface area contributed by atoms with E-state index < -0.39 is 5.92 Å². The van der Waals surface area contributed by atoms with Crippen molar-refractivity contribution in [1.29, 1.82) is 0 Å². The second kappa shape index (κ2) is 10.7. The van der Waals surface area contributed by atoms with Crippen LogP contribution in [0.2, 0.25) is 0 Å². The third-order valence-electron chi connectivity index (χ3n) is 5.95. The van der Waals surface area contributed by atoms with Crippen LogP contribution in [0.4, 0.5) is 15.9 Å². The second-order valence-electron chi connectivity index (χ2n) is 9.16. The SMILES string of the molecule is CC(C(=O)Nc1cc(C2CC2)[nH]n1)c1ccc(F)c(-c2ccc(NC(=O)/C=C/CN(C)C)cc2)c1. The number of nitrogens with zero attached hydrogens (tertiary/aromatic N) is 2. The standard InChI is InChI=1S/C27H30FN5O2/c1-17(27(35)30-25-16-24(31-32-25)19-6-7-19)20-10-13-23(28)22(15-20)18-8-11-21(12-9-18)29-26(34)5-4-14-33(2)3/h4-5,8-13,15-17,19H,6-7,14H2,1-3H3,(H,29,34)(H2,30,31,32,35)/b5-4+. The molecule has 182 valence electrons. The first kappa shape index (κ1) is 24.3. The molecule has 35 heavy (non-hydrogen) atoms. The molecule has 1 fully saturated rings. The molecule has 0 saturated heterocycles. The highest BCUT2D eigenvalue weighted by atomic mass is 19.1. The fourth-order valence-corrected chi connectivity index (χ4v) is 3.71. The summed E-state index contributed by atoms with van der Waals surface area (Å²) in [5, 5.41) is 12.8. The zero-order valence-corrected chi connectivity index (χ0v) is 20.1. The number of anilines is 2. The van der Waals surface area contributed by atoms with Crippen LogP contribution in [0.1, 0.15) is 42.9 Å². The van der Waals surface area contributed by atoms with E-state index >= 15 is 0 Å². The van der Waals surface area contributed by atoms with Crippen LogP contribution in [0.25, 0.3) is 11.1 Å². The predicted octanol–water partition coefficient (Wildman–Crippen LogP) is 4.89. The normalized spacial score (nSPS) is 14.3. The minimum atomic E-state index is -0.497. The van der Waals surface area contributed by atoms with Gasteiger partial charge in [0.05, 0.1) is 5.92 Å². The van der Waals surface area contributed by atoms with Gasteiger partial charge in [-0.25, -0.2) is 4.39 Å². The van der Waals surface area contributed by atoms with Crippen LogP contribution in [-0.4, -0.2) is 47.6 Å². The van der Waals surface area contributed by atoms with Crippen molar-refractivity contribution >= 4 is 23.3 Å². The van der Waals surface area contributed by atoms with Gasteiger partial charge in [-0.1, -0.05) is 24.3 Å². The molecule has 4 rings (SSSR count). The number of halogens is 1. The van der Waals surface area contributed by atoms with Gasteiger partial charge >= 0.3 is 0 Å². The molecule has 1 heterocycles. The number of aromatic amines is 1. The Hall–Kier alpha value is -3.78. The van der Waals surface area contributed by atoms with Crippen molar-refractivity contribution in [2.24, 2.45) is 0 Å². The molecule has 1 aromatic heterocycles. The summed E-state index contributed by atoms with van der Waals surface area (Å²) in [7, 11) is 3.85. The molecule has 1 saturated carbocycles. The molecule has 0 aliphatic heterocycles. The van der Waals surface area contributed by atoms with Gasteiger partial charge in [-0.15, -0.1) is 0 Å². The van der Waals surface area contributed by atoms with Crippen molar-refractivity contribution in [2.45, 2.75) is 31.6 Å². The number of carbonyl (C=O) groups is 2. The number of nitrogens with one attached hydrogen (secondary N) is 3. The average Bonchev–Trinajstić information content (AvgIpc) is 3.58. The van der Waals surface area contributed by atoms with Crippen LogP contribution >= 0.6 is 0 Å². The molecule has 1 unspecified atom stereocenters. The van der Waals surface area contributed by atoms with Crippen molar-refractivity contribution in [2.75, 3.05) is 31.3 Å². The van der Waals surface area contributed by atoms with Gasteiger partial charge in [-0.3, -0.25) is 14.7 Å². The summed E-state index contributed by atoms with van der Waals surface area (Å²) in [6.45, 7) is 2.45. The van der Waals surface area contributed by atoms with E-state index in [9.17, 15) is 14.0 Å². The maximum Gasteiger partial charge on any atom is 0.248 e. The van der Waals surface area contributed by atoms with Gasteiger partial charge in [0.1, 0.15) is 5.82 Å². The fourth-order valence-electron chi connectivity index (χ4n) is 3.71. The predicted molar refractivity (Wildman–Crippen MR) is 136 cm³/mol. The number of rotatable bonds is 9. The van der Waals surface area contributed by atoms with Crippen LogP contribution in [0, 0.1) is 5.82 Å². The summed E-state index contributed by atoms with van der Waals surface area (Å²) < 4.78 is 14.7. The van der Waals surface area contributed by atoms with Crippen molar-refractivity contribution in [1.82, 2.24) is 15.1 Å². The molecule has 7 nitrogen and oxygen atoms in total. The zero-order valence-electron chi connectivity index (χ0n) is 20.1. The number of benzene rings is 2. The third kappa shape index (κ3) is 6.42. The molecule has 0 spiro atoms. The summed E-state index contributed by atoms with van der Waals surface area (Å²) in [4.78, 5) is 26.8. The molecule has 0 bridgehead atoms. The van der Waals surface area contributed by atoms with Gasteiger partial charge < -0.3 is 15.5 Å². The molecule has 8 heteroatoms. The number of amides is 2. The number of aromatic nitrogens is 2. The molecule has 3 aromatic rings. The van der Waals surface area contributed by atoms with Crippen molar-refractivity contribution in [3.8, 4) is 11.1 Å². The van der Waals surface area contributed by atoms with E-state index in [1.165, 1.54) is 12.1 Å². The highest BCUT2D eigenvalue weighted by Gasteiger charge is 2.26. The van der Waals surface area contributed by atoms with E-state index in [-0.39, 0.29) is 17.6 Å². The van der Waals surface area contributed by atoms with Gasteiger partial charge in [-0.05, 0) is 69.3 Å². The molecule has 3 N–H and O–H groups in total. The van der Waals surface area contributed by atoms with Crippen LogP contribution in [-0.2, 0) is 9.59 Å². The molecule has 2 aromatic carbocycles. The summed E-state index contributed by atoms with van der Waals surface area (Å²) >= 11 is 0. The van der Waals surface area contributed by atoms with Crippen molar-refractivity contribution in [3.63, 3.8) is 0 Å². The lowest BCUT2D eigenvalue weighted by Gasteiger charge is -2.14. The first-order chi connectivity index (χ1) is 16.8. The minimum Gasteiger partial charge on any atom is -0.323 e. The van der Waals surface area contributed by atoms with E-state index in [0.29, 0.717) is 40.7 Å². The zero-order chi connectivity index (χ0) is 24.9. The maximum absolute atomic E-state index is 14.7. The lowest BCUT2D eigenvalue weighted by atomic mass is 9.95. The number of likely N-dealkylation sites (N-methyl/N-ethyl adjacent to an activating group) is 1. The largest absolute Gasteiger partial charge is 0.323 e. The molecule has 1 aliphatic carbocycles. The lowest BCUT2D eigenvalue weighted by molar-refractivity contribution is -0.117. The molecule has 0 radical (unpaired) electrons. The number of hydrogen-bond donors (Lipinski definition) is 3. The van der Waals surface area contributed by atoms with E-state index in [4.69, 9.17) is 0 Å². The van der Waals surface area contributed by atoms with Crippen molar-refractivity contribution in [3.05, 3.63) is 77.8 Å². The Morgan fingerprint density at radius 2 is 1.89 bits per heavy atom. The summed E-state index contributed by atoms with van der Waals surface area (Å²) in [6, 6.07) is 13.5. The summed E-state index contributed by atoms with van der Waals surface area (Å²) in [5.74, 6) is -0.301. The summed E-state index contributed by atoms with van der Waals surface area (Å²) in [5.41, 5.74) is 3.39. The molecule has 1 aliphatic rings. The maximum atomic E-state index is 14.7. The van der Waals surface area contributed by atoms with Crippen LogP contribution in [0.15, 0.2) is 60.7 Å². The number of hydrogen-bond acceptors (Lipinski definition) is 4. The van der Waals surface area contributed by atoms with Gasteiger partial charge in [0.25, 0.3) is 0 Å². The smallest absolute Gasteiger partial charge is 0.248 e. The first-order valence-corrected chi connectivity index (χ1v) is 11.7. The highest BCUT2D eigenvalue weighted by molar-refractivity contribution is 5.99. The average molecular weight is 476 g/mol. The molecule has 2 amide bonds. The monoisotopic (exact) mass is 475 g/mol. The molecular weight excluding hydrogens is 445 g/mol. The second-order valence-corrected chi connectivity index (χ2v) is 9.16. The Labute approximate surface area is 204 Å². The molecular formula is C27H30FN5O2. The van der Waals surface area contributed by atoms with Gasteiger partial charge in [0.15, 0.2) is 5.82 Å². The Kier molecular flexibility index (Phi) is 7.41. The van der Waals surface area contributed by atoms with Crippen LogP contribution in [0.3, 0.4) is 0 Å². The third-order valence-corrected chi connectivity index (χ3v) is 5.95. The van der Waals surface area contributed by atoms with Crippen LogP contribution < -0.4 is 10.6 Å². The summed E-state index contributed by atoms with van der Waals surface area (Å²) in [6.07, 6.45) is 5.55. The topological polar surface area (TPSA) is 90.1 Å². The fraction of sp³-hybridized carbons (Fsp3) is 0.296. The lowest BCUT2D eigenvalue weighted by Crippen LogP contribution is -2.19. The Bertz CT molecular complexity index is 1230.